The van der Waals surface area contributed by atoms with Crippen LogP contribution in [-0.4, -0.2) is 51.5 Å². The number of para-hydroxylation sites is 1. The molecule has 0 saturated carbocycles. The summed E-state index contributed by atoms with van der Waals surface area (Å²) in [5.74, 6) is 1.30. The summed E-state index contributed by atoms with van der Waals surface area (Å²) in [6.45, 7) is 3.96. The summed E-state index contributed by atoms with van der Waals surface area (Å²) in [5.41, 5.74) is 3.35. The lowest BCUT2D eigenvalue weighted by atomic mass is 10.1. The molecule has 34 heavy (non-hydrogen) atoms. The Morgan fingerprint density at radius 3 is 2.82 bits per heavy atom. The molecule has 0 radical (unpaired) electrons. The van der Waals surface area contributed by atoms with E-state index in [1.54, 1.807) is 4.90 Å². The second kappa shape index (κ2) is 10.0. The normalized spacial score (nSPS) is 16.1. The monoisotopic (exact) mass is 493 g/mol. The fraction of sp³-hybridized carbons (Fsp3) is 0.240. The molecule has 0 unspecified atom stereocenters. The number of nitrogens with zero attached hydrogens (tertiary/aromatic N) is 3. The molecule has 1 aromatic heterocycles. The lowest BCUT2D eigenvalue weighted by Crippen LogP contribution is -2.29. The number of hydrogen-bond donors (Lipinski definition) is 0. The molecule has 174 valence electrons. The van der Waals surface area contributed by atoms with E-state index in [-0.39, 0.29) is 12.7 Å². The van der Waals surface area contributed by atoms with Crippen LogP contribution in [0.1, 0.15) is 18.9 Å². The van der Waals surface area contributed by atoms with E-state index in [0.29, 0.717) is 40.5 Å². The lowest BCUT2D eigenvalue weighted by molar-refractivity contribution is -0.122. The molecular formula is C25H23N3O4S2. The zero-order valence-corrected chi connectivity index (χ0v) is 20.2. The number of benzene rings is 2. The Labute approximate surface area is 207 Å². The van der Waals surface area contributed by atoms with Gasteiger partial charge in [0.25, 0.3) is 5.91 Å². The first-order valence-electron chi connectivity index (χ1n) is 11.0. The molecule has 1 amide bonds. The molecule has 5 rings (SSSR count). The van der Waals surface area contributed by atoms with E-state index in [1.807, 2.05) is 72.4 Å². The first kappa shape index (κ1) is 22.6. The molecule has 7 nitrogen and oxygen atoms in total. The van der Waals surface area contributed by atoms with Gasteiger partial charge in [0, 0.05) is 37.1 Å². The third-order valence-electron chi connectivity index (χ3n) is 5.44. The van der Waals surface area contributed by atoms with E-state index in [4.69, 9.17) is 31.5 Å². The largest absolute Gasteiger partial charge is 0.454 e. The van der Waals surface area contributed by atoms with Gasteiger partial charge in [0.15, 0.2) is 11.5 Å². The van der Waals surface area contributed by atoms with Crippen LogP contribution in [0.15, 0.2) is 59.6 Å². The van der Waals surface area contributed by atoms with Crippen molar-refractivity contribution in [1.29, 1.82) is 0 Å². The van der Waals surface area contributed by atoms with Gasteiger partial charge in [-0.05, 0) is 49.8 Å². The highest BCUT2D eigenvalue weighted by Gasteiger charge is 2.32. The molecule has 3 heterocycles. The summed E-state index contributed by atoms with van der Waals surface area (Å²) < 4.78 is 18.8. The molecule has 0 spiro atoms. The Bertz CT molecular complexity index is 1260. The maximum absolute atomic E-state index is 13.1. The van der Waals surface area contributed by atoms with Gasteiger partial charge in [-0.25, -0.2) is 4.68 Å². The number of fused-ring (bicyclic) bond motifs is 1. The van der Waals surface area contributed by atoms with Gasteiger partial charge >= 0.3 is 0 Å². The number of amides is 1. The number of aromatic nitrogens is 2. The number of ether oxygens (including phenoxy) is 3. The van der Waals surface area contributed by atoms with Crippen molar-refractivity contribution in [2.75, 3.05) is 26.6 Å². The second-order valence-electron chi connectivity index (χ2n) is 7.67. The van der Waals surface area contributed by atoms with Crippen LogP contribution in [0.3, 0.4) is 0 Å². The minimum atomic E-state index is -0.0874. The number of rotatable bonds is 8. The molecule has 0 N–H and O–H groups in total. The van der Waals surface area contributed by atoms with Crippen molar-refractivity contribution in [2.45, 2.75) is 13.3 Å². The fourth-order valence-corrected chi connectivity index (χ4v) is 5.08. The predicted octanol–water partition coefficient (Wildman–Crippen LogP) is 4.90. The fourth-order valence-electron chi connectivity index (χ4n) is 3.78. The van der Waals surface area contributed by atoms with Gasteiger partial charge in [0.1, 0.15) is 10.0 Å². The molecular weight excluding hydrogens is 470 g/mol. The van der Waals surface area contributed by atoms with E-state index >= 15 is 0 Å². The molecule has 1 fully saturated rings. The summed E-state index contributed by atoms with van der Waals surface area (Å²) in [6.07, 6.45) is 4.53. The Balaban J connectivity index is 1.49. The van der Waals surface area contributed by atoms with Crippen LogP contribution in [0.25, 0.3) is 23.0 Å². The van der Waals surface area contributed by atoms with E-state index in [0.717, 1.165) is 28.9 Å². The third-order valence-corrected chi connectivity index (χ3v) is 6.82. The molecule has 3 aromatic rings. The zero-order valence-electron chi connectivity index (χ0n) is 18.6. The molecule has 1 saturated heterocycles. The molecule has 2 aromatic carbocycles. The molecule has 2 aliphatic heterocycles. The van der Waals surface area contributed by atoms with E-state index in [9.17, 15) is 4.79 Å². The van der Waals surface area contributed by atoms with Crippen LogP contribution in [0.2, 0.25) is 0 Å². The van der Waals surface area contributed by atoms with Crippen molar-refractivity contribution in [3.05, 3.63) is 65.2 Å². The zero-order chi connectivity index (χ0) is 23.5. The average molecular weight is 494 g/mol. The molecule has 0 bridgehead atoms. The van der Waals surface area contributed by atoms with Gasteiger partial charge in [-0.2, -0.15) is 5.10 Å². The summed E-state index contributed by atoms with van der Waals surface area (Å²) in [7, 11) is 0. The van der Waals surface area contributed by atoms with Crippen molar-refractivity contribution < 1.29 is 19.0 Å². The minimum absolute atomic E-state index is 0.0874. The van der Waals surface area contributed by atoms with Gasteiger partial charge in [-0.15, -0.1) is 0 Å². The maximum atomic E-state index is 13.1. The van der Waals surface area contributed by atoms with Crippen molar-refractivity contribution in [3.63, 3.8) is 0 Å². The van der Waals surface area contributed by atoms with Gasteiger partial charge in [0.2, 0.25) is 6.79 Å². The van der Waals surface area contributed by atoms with Crippen LogP contribution in [0, 0.1) is 0 Å². The molecule has 0 atom stereocenters. The van der Waals surface area contributed by atoms with Crippen molar-refractivity contribution >= 4 is 40.3 Å². The summed E-state index contributed by atoms with van der Waals surface area (Å²) >= 11 is 6.80. The number of hydrogen-bond acceptors (Lipinski definition) is 7. The van der Waals surface area contributed by atoms with E-state index < -0.39 is 0 Å². The third kappa shape index (κ3) is 4.59. The Morgan fingerprint density at radius 2 is 2.00 bits per heavy atom. The Hall–Kier alpha value is -3.14. The van der Waals surface area contributed by atoms with Gasteiger partial charge in [-0.1, -0.05) is 42.2 Å². The average Bonchev–Trinajstić information content (AvgIpc) is 3.56. The number of thiocarbonyl (C=S) groups is 1. The standard InChI is InChI=1S/C25H23N3O4S2/c1-2-30-12-6-11-27-24(29)22(34-25(27)33)14-18-15-28(19-7-4-3-5-8-19)26-23(18)17-9-10-20-21(13-17)32-16-31-20/h3-5,7-10,13-15H,2,6,11-12,16H2,1H3/b22-14-. The topological polar surface area (TPSA) is 65.8 Å². The number of carbonyl (C=O) groups excluding carboxylic acids is 1. The highest BCUT2D eigenvalue weighted by atomic mass is 32.2. The van der Waals surface area contributed by atoms with Crippen molar-refractivity contribution in [1.82, 2.24) is 14.7 Å². The van der Waals surface area contributed by atoms with E-state index in [2.05, 4.69) is 0 Å². The predicted molar refractivity (Wildman–Crippen MR) is 136 cm³/mol. The Kier molecular flexibility index (Phi) is 6.66. The molecule has 2 aliphatic rings. The number of thioether (sulfide) groups is 1. The van der Waals surface area contributed by atoms with Crippen LogP contribution < -0.4 is 9.47 Å². The molecule has 0 aliphatic carbocycles. The first-order valence-corrected chi connectivity index (χ1v) is 12.2. The van der Waals surface area contributed by atoms with E-state index in [1.165, 1.54) is 11.8 Å². The lowest BCUT2D eigenvalue weighted by Gasteiger charge is -2.13. The van der Waals surface area contributed by atoms with Gasteiger partial charge < -0.3 is 14.2 Å². The Morgan fingerprint density at radius 1 is 1.18 bits per heavy atom. The van der Waals surface area contributed by atoms with Crippen LogP contribution in [0.4, 0.5) is 0 Å². The van der Waals surface area contributed by atoms with Gasteiger partial charge in [0.05, 0.1) is 10.6 Å². The highest BCUT2D eigenvalue weighted by Crippen LogP contribution is 2.38. The SMILES string of the molecule is CCOCCCN1C(=O)/C(=C/c2cn(-c3ccccc3)nc2-c2ccc3c(c2)OCO3)SC1=S. The van der Waals surface area contributed by atoms with Gasteiger partial charge in [-0.3, -0.25) is 9.69 Å². The van der Waals surface area contributed by atoms with Crippen LogP contribution in [0.5, 0.6) is 11.5 Å². The first-order chi connectivity index (χ1) is 16.6. The quantitative estimate of drug-likeness (QED) is 0.251. The smallest absolute Gasteiger partial charge is 0.266 e. The molecule has 9 heteroatoms. The summed E-state index contributed by atoms with van der Waals surface area (Å²) in [6, 6.07) is 15.6. The van der Waals surface area contributed by atoms with Crippen LogP contribution in [-0.2, 0) is 9.53 Å². The second-order valence-corrected chi connectivity index (χ2v) is 9.34. The highest BCUT2D eigenvalue weighted by molar-refractivity contribution is 8.26. The summed E-state index contributed by atoms with van der Waals surface area (Å²) in [4.78, 5) is 15.3. The van der Waals surface area contributed by atoms with Crippen molar-refractivity contribution in [2.24, 2.45) is 0 Å². The van der Waals surface area contributed by atoms with Crippen LogP contribution >= 0.6 is 24.0 Å². The summed E-state index contributed by atoms with van der Waals surface area (Å²) in [5, 5.41) is 4.84. The minimum Gasteiger partial charge on any atom is -0.454 e. The maximum Gasteiger partial charge on any atom is 0.266 e. The van der Waals surface area contributed by atoms with Crippen molar-refractivity contribution in [3.8, 4) is 28.4 Å². The number of carbonyl (C=O) groups is 1.